The molecule has 1 aromatic heterocycles. The number of likely N-dealkylation sites (tertiary alicyclic amines) is 1. The summed E-state index contributed by atoms with van der Waals surface area (Å²) in [5, 5.41) is 0. The Morgan fingerprint density at radius 2 is 1.56 bits per heavy atom. The zero-order chi connectivity index (χ0) is 18.3. The standard InChI is InChI=1S/C18H26N4O3S.ClH/c1-26(24,25)21-12-8-14(9-13-21)20-10-6-15(7-11-20)22-17-5-3-2-4-16(17)19-18(22)23;/h2-5,14-15H,6-13H2,1H3,(H,19,23);1H. The number of aromatic nitrogens is 2. The summed E-state index contributed by atoms with van der Waals surface area (Å²) in [5.74, 6) is 0. The number of piperidine rings is 2. The molecule has 0 bridgehead atoms. The average molecular weight is 415 g/mol. The number of hydrogen-bond donors (Lipinski definition) is 1. The van der Waals surface area contributed by atoms with E-state index in [4.69, 9.17) is 0 Å². The summed E-state index contributed by atoms with van der Waals surface area (Å²) in [6, 6.07) is 8.53. The van der Waals surface area contributed by atoms with Crippen LogP contribution in [0, 0.1) is 0 Å². The Hall–Kier alpha value is -1.35. The highest BCUT2D eigenvalue weighted by Crippen LogP contribution is 2.28. The molecule has 2 saturated heterocycles. The number of halogens is 1. The number of sulfonamides is 1. The van der Waals surface area contributed by atoms with Crippen molar-refractivity contribution in [1.82, 2.24) is 18.8 Å². The number of rotatable bonds is 3. The monoisotopic (exact) mass is 414 g/mol. The summed E-state index contributed by atoms with van der Waals surface area (Å²) in [6.45, 7) is 3.15. The van der Waals surface area contributed by atoms with E-state index < -0.39 is 10.0 Å². The van der Waals surface area contributed by atoms with Gasteiger partial charge in [-0.1, -0.05) is 12.1 Å². The smallest absolute Gasteiger partial charge is 0.306 e. The maximum atomic E-state index is 12.4. The van der Waals surface area contributed by atoms with Crippen LogP contribution in [0.25, 0.3) is 11.0 Å². The first-order valence-electron chi connectivity index (χ1n) is 9.32. The molecule has 0 saturated carbocycles. The molecule has 2 fully saturated rings. The van der Waals surface area contributed by atoms with E-state index in [2.05, 4.69) is 9.88 Å². The molecule has 1 aromatic carbocycles. The van der Waals surface area contributed by atoms with Crippen molar-refractivity contribution in [3.63, 3.8) is 0 Å². The molecule has 3 heterocycles. The Labute approximate surface area is 165 Å². The van der Waals surface area contributed by atoms with Crippen LogP contribution in [0.4, 0.5) is 0 Å². The van der Waals surface area contributed by atoms with E-state index in [0.717, 1.165) is 49.8 Å². The lowest BCUT2D eigenvalue weighted by atomic mass is 9.98. The SMILES string of the molecule is CS(=O)(=O)N1CCC(N2CCC(n3c(=O)[nH]c4ccccc43)CC2)CC1.Cl. The molecule has 4 rings (SSSR count). The average Bonchev–Trinajstić information content (AvgIpc) is 2.97. The van der Waals surface area contributed by atoms with Gasteiger partial charge in [-0.2, -0.15) is 0 Å². The quantitative estimate of drug-likeness (QED) is 0.830. The summed E-state index contributed by atoms with van der Waals surface area (Å²) in [7, 11) is -3.07. The Balaban J connectivity index is 0.00000210. The van der Waals surface area contributed by atoms with Gasteiger partial charge in [-0.25, -0.2) is 17.5 Å². The van der Waals surface area contributed by atoms with Gasteiger partial charge in [-0.15, -0.1) is 12.4 Å². The van der Waals surface area contributed by atoms with Crippen molar-refractivity contribution in [1.29, 1.82) is 0 Å². The predicted molar refractivity (Wildman–Crippen MR) is 109 cm³/mol. The second kappa shape index (κ2) is 7.95. The topological polar surface area (TPSA) is 78.4 Å². The summed E-state index contributed by atoms with van der Waals surface area (Å²) < 4.78 is 26.8. The third kappa shape index (κ3) is 4.08. The fourth-order valence-corrected chi connectivity index (χ4v) is 5.36. The zero-order valence-corrected chi connectivity index (χ0v) is 17.1. The molecule has 0 spiro atoms. The van der Waals surface area contributed by atoms with Crippen LogP contribution in [-0.2, 0) is 10.0 Å². The number of fused-ring (bicyclic) bond motifs is 1. The molecule has 0 atom stereocenters. The van der Waals surface area contributed by atoms with Crippen LogP contribution in [0.1, 0.15) is 31.7 Å². The van der Waals surface area contributed by atoms with Crippen LogP contribution in [0.2, 0.25) is 0 Å². The molecule has 150 valence electrons. The molecule has 2 aliphatic rings. The first-order valence-corrected chi connectivity index (χ1v) is 11.2. The number of hydrogen-bond acceptors (Lipinski definition) is 4. The third-order valence-electron chi connectivity index (χ3n) is 5.90. The largest absolute Gasteiger partial charge is 0.326 e. The Morgan fingerprint density at radius 3 is 2.19 bits per heavy atom. The maximum Gasteiger partial charge on any atom is 0.326 e. The van der Waals surface area contributed by atoms with Gasteiger partial charge in [0.1, 0.15) is 0 Å². The number of nitrogens with one attached hydrogen (secondary N) is 1. The van der Waals surface area contributed by atoms with Gasteiger partial charge in [0.05, 0.1) is 17.3 Å². The van der Waals surface area contributed by atoms with Crippen LogP contribution in [0.5, 0.6) is 0 Å². The van der Waals surface area contributed by atoms with Crippen LogP contribution in [0.3, 0.4) is 0 Å². The molecule has 2 aliphatic heterocycles. The molecular weight excluding hydrogens is 388 g/mol. The van der Waals surface area contributed by atoms with Crippen molar-refractivity contribution in [3.8, 4) is 0 Å². The molecule has 0 radical (unpaired) electrons. The lowest BCUT2D eigenvalue weighted by Gasteiger charge is -2.41. The minimum atomic E-state index is -3.07. The van der Waals surface area contributed by atoms with E-state index >= 15 is 0 Å². The van der Waals surface area contributed by atoms with E-state index in [1.807, 2.05) is 28.8 Å². The molecule has 0 amide bonds. The van der Waals surface area contributed by atoms with Gasteiger partial charge in [-0.05, 0) is 37.8 Å². The third-order valence-corrected chi connectivity index (χ3v) is 7.20. The van der Waals surface area contributed by atoms with Crippen molar-refractivity contribution >= 4 is 33.5 Å². The molecule has 0 unspecified atom stereocenters. The van der Waals surface area contributed by atoms with Gasteiger partial charge in [0.25, 0.3) is 0 Å². The fourth-order valence-electron chi connectivity index (χ4n) is 4.48. The minimum Gasteiger partial charge on any atom is -0.306 e. The summed E-state index contributed by atoms with van der Waals surface area (Å²) in [6.07, 6.45) is 4.98. The normalized spacial score (nSPS) is 21.4. The number of imidazole rings is 1. The van der Waals surface area contributed by atoms with Crippen molar-refractivity contribution < 1.29 is 8.42 Å². The molecule has 27 heavy (non-hydrogen) atoms. The Kier molecular flexibility index (Phi) is 6.00. The van der Waals surface area contributed by atoms with E-state index in [1.54, 1.807) is 4.31 Å². The highest BCUT2D eigenvalue weighted by atomic mass is 35.5. The lowest BCUT2D eigenvalue weighted by Crippen LogP contribution is -2.49. The molecular formula is C18H27ClN4O3S. The number of benzene rings is 1. The molecule has 2 aromatic rings. The van der Waals surface area contributed by atoms with Gasteiger partial charge in [0, 0.05) is 38.3 Å². The Bertz CT molecular complexity index is 939. The van der Waals surface area contributed by atoms with Crippen molar-refractivity contribution in [3.05, 3.63) is 34.7 Å². The lowest BCUT2D eigenvalue weighted by molar-refractivity contribution is 0.0993. The number of H-pyrrole nitrogens is 1. The maximum absolute atomic E-state index is 12.4. The Morgan fingerprint density at radius 1 is 0.963 bits per heavy atom. The molecule has 0 aliphatic carbocycles. The van der Waals surface area contributed by atoms with E-state index in [1.165, 1.54) is 6.26 Å². The van der Waals surface area contributed by atoms with Crippen LogP contribution in [0.15, 0.2) is 29.1 Å². The second-order valence-corrected chi connectivity index (χ2v) is 9.46. The predicted octanol–water partition coefficient (Wildman–Crippen LogP) is 1.81. The van der Waals surface area contributed by atoms with E-state index in [0.29, 0.717) is 19.1 Å². The van der Waals surface area contributed by atoms with E-state index in [-0.39, 0.29) is 24.1 Å². The van der Waals surface area contributed by atoms with Crippen LogP contribution < -0.4 is 5.69 Å². The van der Waals surface area contributed by atoms with Crippen molar-refractivity contribution in [2.45, 2.75) is 37.8 Å². The summed E-state index contributed by atoms with van der Waals surface area (Å²) in [4.78, 5) is 17.8. The van der Waals surface area contributed by atoms with Gasteiger partial charge in [0.15, 0.2) is 0 Å². The van der Waals surface area contributed by atoms with Gasteiger partial charge < -0.3 is 9.88 Å². The highest BCUT2D eigenvalue weighted by Gasteiger charge is 2.31. The zero-order valence-electron chi connectivity index (χ0n) is 15.5. The first kappa shape index (κ1) is 20.4. The number of nitrogens with zero attached hydrogens (tertiary/aromatic N) is 3. The highest BCUT2D eigenvalue weighted by molar-refractivity contribution is 7.88. The van der Waals surface area contributed by atoms with Crippen LogP contribution >= 0.6 is 12.4 Å². The van der Waals surface area contributed by atoms with Crippen LogP contribution in [-0.4, -0.2) is 65.7 Å². The molecule has 1 N–H and O–H groups in total. The van der Waals surface area contributed by atoms with Gasteiger partial charge in [0.2, 0.25) is 10.0 Å². The summed E-state index contributed by atoms with van der Waals surface area (Å²) >= 11 is 0. The summed E-state index contributed by atoms with van der Waals surface area (Å²) in [5.41, 5.74) is 1.86. The number of para-hydroxylation sites is 2. The van der Waals surface area contributed by atoms with Gasteiger partial charge >= 0.3 is 5.69 Å². The second-order valence-electron chi connectivity index (χ2n) is 7.48. The first-order chi connectivity index (χ1) is 12.4. The van der Waals surface area contributed by atoms with Gasteiger partial charge in [-0.3, -0.25) is 4.57 Å². The fraction of sp³-hybridized carbons (Fsp3) is 0.611. The number of aromatic amines is 1. The van der Waals surface area contributed by atoms with Crippen molar-refractivity contribution in [2.24, 2.45) is 0 Å². The molecule has 9 heteroatoms. The molecule has 7 nitrogen and oxygen atoms in total. The van der Waals surface area contributed by atoms with E-state index in [9.17, 15) is 13.2 Å². The minimum absolute atomic E-state index is 0. The van der Waals surface area contributed by atoms with Crippen molar-refractivity contribution in [2.75, 3.05) is 32.4 Å².